The maximum atomic E-state index is 13.8. The van der Waals surface area contributed by atoms with E-state index in [1.54, 1.807) is 18.2 Å². The van der Waals surface area contributed by atoms with Crippen LogP contribution in [0.15, 0.2) is 28.8 Å². The second-order valence-corrected chi connectivity index (χ2v) is 5.23. The number of nitrogens with zero attached hydrogens (tertiary/aromatic N) is 4. The Hall–Kier alpha value is -2.54. The van der Waals surface area contributed by atoms with Crippen molar-refractivity contribution in [1.29, 1.82) is 0 Å². The summed E-state index contributed by atoms with van der Waals surface area (Å²) in [4.78, 5) is 4.31. The van der Waals surface area contributed by atoms with Gasteiger partial charge < -0.3 is 9.84 Å². The van der Waals surface area contributed by atoms with Gasteiger partial charge in [0, 0.05) is 37.8 Å². The summed E-state index contributed by atoms with van der Waals surface area (Å²) in [6.45, 7) is 1.65. The van der Waals surface area contributed by atoms with E-state index < -0.39 is 0 Å². The highest BCUT2D eigenvalue weighted by molar-refractivity contribution is 5.61. The third kappa shape index (κ3) is 2.01. The molecule has 1 aliphatic rings. The fourth-order valence-corrected chi connectivity index (χ4v) is 2.76. The largest absolute Gasteiger partial charge is 0.332 e. The van der Waals surface area contributed by atoms with Gasteiger partial charge in [-0.05, 0) is 12.1 Å². The smallest absolute Gasteiger partial charge is 0.279 e. The standard InChI is InChI=1S/C15H14FN5O/c1-21-12-6-7-17-8-10(12)13(19-21)15-18-14(20-22-15)9-4-2-3-5-11(9)16/h2-5,17H,6-8H2,1H3. The molecule has 4 rings (SSSR count). The number of hydrogen-bond donors (Lipinski definition) is 1. The van der Waals surface area contributed by atoms with Gasteiger partial charge >= 0.3 is 0 Å². The molecule has 0 radical (unpaired) electrons. The van der Waals surface area contributed by atoms with Crippen LogP contribution in [0.25, 0.3) is 23.0 Å². The first kappa shape index (κ1) is 13.1. The molecule has 2 aromatic heterocycles. The van der Waals surface area contributed by atoms with Crippen LogP contribution in [0.3, 0.4) is 0 Å². The van der Waals surface area contributed by atoms with E-state index in [2.05, 4.69) is 20.6 Å². The van der Waals surface area contributed by atoms with Crippen molar-refractivity contribution < 1.29 is 8.91 Å². The van der Waals surface area contributed by atoms with E-state index >= 15 is 0 Å². The highest BCUT2D eigenvalue weighted by Gasteiger charge is 2.24. The monoisotopic (exact) mass is 299 g/mol. The third-order valence-electron chi connectivity index (χ3n) is 3.86. The zero-order valence-electron chi connectivity index (χ0n) is 12.0. The van der Waals surface area contributed by atoms with Crippen molar-refractivity contribution in [2.75, 3.05) is 6.54 Å². The van der Waals surface area contributed by atoms with E-state index in [0.717, 1.165) is 25.1 Å². The number of hydrogen-bond acceptors (Lipinski definition) is 5. The Morgan fingerprint density at radius 2 is 2.18 bits per heavy atom. The number of benzene rings is 1. The molecule has 6 nitrogen and oxygen atoms in total. The molecule has 0 saturated carbocycles. The second kappa shape index (κ2) is 5.03. The minimum absolute atomic E-state index is 0.233. The number of aromatic nitrogens is 4. The average molecular weight is 299 g/mol. The summed E-state index contributed by atoms with van der Waals surface area (Å²) in [7, 11) is 1.90. The zero-order chi connectivity index (χ0) is 15.1. The number of fused-ring (bicyclic) bond motifs is 1. The van der Waals surface area contributed by atoms with Crippen LogP contribution < -0.4 is 5.32 Å². The number of nitrogens with one attached hydrogen (secondary N) is 1. The number of halogens is 1. The first-order valence-corrected chi connectivity index (χ1v) is 7.08. The van der Waals surface area contributed by atoms with E-state index in [1.807, 2.05) is 11.7 Å². The van der Waals surface area contributed by atoms with Gasteiger partial charge in [-0.15, -0.1) is 0 Å². The maximum Gasteiger partial charge on any atom is 0.279 e. The minimum Gasteiger partial charge on any atom is -0.332 e. The molecular formula is C15H14FN5O. The lowest BCUT2D eigenvalue weighted by molar-refractivity contribution is 0.429. The van der Waals surface area contributed by atoms with Crippen molar-refractivity contribution in [1.82, 2.24) is 25.2 Å². The second-order valence-electron chi connectivity index (χ2n) is 5.23. The Labute approximate surface area is 126 Å². The summed E-state index contributed by atoms with van der Waals surface area (Å²) in [5.41, 5.74) is 3.22. The van der Waals surface area contributed by atoms with E-state index in [-0.39, 0.29) is 11.6 Å². The van der Waals surface area contributed by atoms with Crippen molar-refractivity contribution in [2.45, 2.75) is 13.0 Å². The Morgan fingerprint density at radius 3 is 3.05 bits per heavy atom. The molecule has 7 heteroatoms. The van der Waals surface area contributed by atoms with E-state index in [0.29, 0.717) is 17.1 Å². The molecule has 0 spiro atoms. The van der Waals surface area contributed by atoms with Crippen molar-refractivity contribution in [2.24, 2.45) is 7.05 Å². The summed E-state index contributed by atoms with van der Waals surface area (Å²) in [5.74, 6) is 0.176. The van der Waals surface area contributed by atoms with Crippen molar-refractivity contribution in [3.63, 3.8) is 0 Å². The predicted molar refractivity (Wildman–Crippen MR) is 77.3 cm³/mol. The van der Waals surface area contributed by atoms with Gasteiger partial charge in [0.1, 0.15) is 5.82 Å². The van der Waals surface area contributed by atoms with Crippen LogP contribution in [0, 0.1) is 5.82 Å². The summed E-state index contributed by atoms with van der Waals surface area (Å²) in [5, 5.41) is 11.7. The van der Waals surface area contributed by atoms with Gasteiger partial charge in [0.2, 0.25) is 5.82 Å². The number of aryl methyl sites for hydroxylation is 1. The average Bonchev–Trinajstić information content (AvgIpc) is 3.13. The van der Waals surface area contributed by atoms with E-state index in [9.17, 15) is 4.39 Å². The van der Waals surface area contributed by atoms with Gasteiger partial charge in [0.05, 0.1) is 5.56 Å². The van der Waals surface area contributed by atoms with Crippen molar-refractivity contribution in [3.8, 4) is 23.0 Å². The first-order chi connectivity index (χ1) is 10.7. The molecule has 0 saturated heterocycles. The molecule has 0 fully saturated rings. The first-order valence-electron chi connectivity index (χ1n) is 7.08. The predicted octanol–water partition coefficient (Wildman–Crippen LogP) is 1.92. The molecule has 0 aliphatic carbocycles. The fraction of sp³-hybridized carbons (Fsp3) is 0.267. The Morgan fingerprint density at radius 1 is 1.32 bits per heavy atom. The molecule has 3 aromatic rings. The zero-order valence-corrected chi connectivity index (χ0v) is 12.0. The van der Waals surface area contributed by atoms with Crippen molar-refractivity contribution >= 4 is 0 Å². The molecule has 1 aromatic carbocycles. The molecule has 1 N–H and O–H groups in total. The third-order valence-corrected chi connectivity index (χ3v) is 3.86. The molecular weight excluding hydrogens is 285 g/mol. The SMILES string of the molecule is Cn1nc(-c2nc(-c3ccccc3F)no2)c2c1CCNC2. The fourth-order valence-electron chi connectivity index (χ4n) is 2.76. The molecule has 0 amide bonds. The highest BCUT2D eigenvalue weighted by Crippen LogP contribution is 2.28. The number of rotatable bonds is 2. The van der Waals surface area contributed by atoms with Crippen molar-refractivity contribution in [3.05, 3.63) is 41.3 Å². The van der Waals surface area contributed by atoms with Gasteiger partial charge in [-0.2, -0.15) is 10.1 Å². The summed E-state index contributed by atoms with van der Waals surface area (Å²) in [6, 6.07) is 6.36. The molecule has 0 unspecified atom stereocenters. The van der Waals surface area contributed by atoms with Crippen LogP contribution in [0.4, 0.5) is 4.39 Å². The summed E-state index contributed by atoms with van der Waals surface area (Å²) < 4.78 is 21.0. The van der Waals surface area contributed by atoms with Gasteiger partial charge in [-0.25, -0.2) is 4.39 Å². The van der Waals surface area contributed by atoms with Crippen LogP contribution in [0.2, 0.25) is 0 Å². The van der Waals surface area contributed by atoms with Gasteiger partial charge in [0.25, 0.3) is 5.89 Å². The lowest BCUT2D eigenvalue weighted by Crippen LogP contribution is -2.24. The normalized spacial score (nSPS) is 14.1. The van der Waals surface area contributed by atoms with E-state index in [4.69, 9.17) is 4.52 Å². The Balaban J connectivity index is 1.78. The maximum absolute atomic E-state index is 13.8. The molecule has 3 heterocycles. The van der Waals surface area contributed by atoms with E-state index in [1.165, 1.54) is 11.8 Å². The lowest BCUT2D eigenvalue weighted by Gasteiger charge is -2.13. The highest BCUT2D eigenvalue weighted by atomic mass is 19.1. The lowest BCUT2D eigenvalue weighted by atomic mass is 10.1. The van der Waals surface area contributed by atoms with Crippen LogP contribution in [0.5, 0.6) is 0 Å². The van der Waals surface area contributed by atoms with Crippen LogP contribution in [-0.2, 0) is 20.0 Å². The van der Waals surface area contributed by atoms with Crippen LogP contribution in [-0.4, -0.2) is 26.5 Å². The minimum atomic E-state index is -0.375. The Kier molecular flexibility index (Phi) is 3.00. The molecule has 112 valence electrons. The molecule has 1 aliphatic heterocycles. The van der Waals surface area contributed by atoms with Gasteiger partial charge in [-0.3, -0.25) is 4.68 Å². The van der Waals surface area contributed by atoms with Gasteiger partial charge in [-0.1, -0.05) is 17.3 Å². The molecule has 22 heavy (non-hydrogen) atoms. The molecule has 0 bridgehead atoms. The quantitative estimate of drug-likeness (QED) is 0.783. The van der Waals surface area contributed by atoms with Gasteiger partial charge in [0.15, 0.2) is 5.69 Å². The van der Waals surface area contributed by atoms with Crippen LogP contribution >= 0.6 is 0 Å². The molecule has 0 atom stereocenters. The summed E-state index contributed by atoms with van der Waals surface area (Å²) in [6.07, 6.45) is 0.910. The topological polar surface area (TPSA) is 68.8 Å². The van der Waals surface area contributed by atoms with Crippen LogP contribution in [0.1, 0.15) is 11.3 Å². The Bertz CT molecular complexity index is 838. The summed E-state index contributed by atoms with van der Waals surface area (Å²) >= 11 is 0.